The summed E-state index contributed by atoms with van der Waals surface area (Å²) in [6, 6.07) is 6.10. The lowest BCUT2D eigenvalue weighted by Gasteiger charge is -2.14. The fourth-order valence-corrected chi connectivity index (χ4v) is 2.06. The van der Waals surface area contributed by atoms with Crippen LogP contribution in [0.25, 0.3) is 0 Å². The maximum Gasteiger partial charge on any atom is 0.162 e. The lowest BCUT2D eigenvalue weighted by molar-refractivity contribution is 0.162. The van der Waals surface area contributed by atoms with Gasteiger partial charge in [-0.1, -0.05) is 12.1 Å². The van der Waals surface area contributed by atoms with E-state index in [9.17, 15) is 9.50 Å². The zero-order valence-corrected chi connectivity index (χ0v) is 11.0. The van der Waals surface area contributed by atoms with Gasteiger partial charge in [0.1, 0.15) is 17.6 Å². The zero-order valence-electron chi connectivity index (χ0n) is 11.0. The minimum atomic E-state index is -0.733. The van der Waals surface area contributed by atoms with E-state index in [4.69, 9.17) is 4.74 Å². The molecule has 1 N–H and O–H groups in total. The van der Waals surface area contributed by atoms with E-state index >= 15 is 0 Å². The van der Waals surface area contributed by atoms with Crippen molar-refractivity contribution in [3.63, 3.8) is 0 Å². The number of hydrogen-bond acceptors (Lipinski definition) is 3. The van der Waals surface area contributed by atoms with E-state index in [0.717, 1.165) is 5.56 Å². The van der Waals surface area contributed by atoms with Crippen LogP contribution in [-0.2, 0) is 13.0 Å². The summed E-state index contributed by atoms with van der Waals surface area (Å²) in [5.74, 6) is 0.283. The highest BCUT2D eigenvalue weighted by Crippen LogP contribution is 2.27. The van der Waals surface area contributed by atoms with Crippen LogP contribution in [0.3, 0.4) is 0 Å². The standard InChI is InChI=1S/C14H17FN2O2/c1-3-17-14(13(19-2)9-16-17)12(18)8-10-4-6-11(15)7-5-10/h4-7,9,12,18H,3,8H2,1-2H3. The van der Waals surface area contributed by atoms with Crippen LogP contribution in [0.5, 0.6) is 5.75 Å². The van der Waals surface area contributed by atoms with Gasteiger partial charge in [0.2, 0.25) is 0 Å². The Balaban J connectivity index is 2.21. The molecule has 102 valence electrons. The Morgan fingerprint density at radius 1 is 1.37 bits per heavy atom. The second-order valence-corrected chi connectivity index (χ2v) is 4.26. The van der Waals surface area contributed by atoms with Gasteiger partial charge in [0, 0.05) is 13.0 Å². The van der Waals surface area contributed by atoms with Gasteiger partial charge in [-0.3, -0.25) is 4.68 Å². The summed E-state index contributed by atoms with van der Waals surface area (Å²) >= 11 is 0. The molecule has 19 heavy (non-hydrogen) atoms. The number of aryl methyl sites for hydroxylation is 1. The molecule has 1 atom stereocenters. The summed E-state index contributed by atoms with van der Waals surface area (Å²) in [5, 5.41) is 14.5. The average Bonchev–Trinajstić information content (AvgIpc) is 2.84. The first-order valence-electron chi connectivity index (χ1n) is 6.18. The minimum Gasteiger partial charge on any atom is -0.493 e. The molecule has 2 rings (SSSR count). The molecule has 4 nitrogen and oxygen atoms in total. The van der Waals surface area contributed by atoms with Crippen LogP contribution in [0.1, 0.15) is 24.3 Å². The van der Waals surface area contributed by atoms with E-state index in [-0.39, 0.29) is 5.82 Å². The molecule has 0 radical (unpaired) electrons. The van der Waals surface area contributed by atoms with E-state index in [2.05, 4.69) is 5.10 Å². The first-order chi connectivity index (χ1) is 9.15. The van der Waals surface area contributed by atoms with Gasteiger partial charge >= 0.3 is 0 Å². The van der Waals surface area contributed by atoms with E-state index < -0.39 is 6.10 Å². The predicted molar refractivity (Wildman–Crippen MR) is 69.5 cm³/mol. The van der Waals surface area contributed by atoms with Gasteiger partial charge in [-0.25, -0.2) is 4.39 Å². The maximum atomic E-state index is 12.8. The number of halogens is 1. The van der Waals surface area contributed by atoms with Crippen molar-refractivity contribution in [2.45, 2.75) is 26.0 Å². The number of ether oxygens (including phenoxy) is 1. The van der Waals surface area contributed by atoms with Crippen molar-refractivity contribution in [3.8, 4) is 5.75 Å². The molecule has 1 unspecified atom stereocenters. The summed E-state index contributed by atoms with van der Waals surface area (Å²) < 4.78 is 19.7. The Labute approximate surface area is 111 Å². The summed E-state index contributed by atoms with van der Waals surface area (Å²) in [7, 11) is 1.55. The monoisotopic (exact) mass is 264 g/mol. The molecule has 0 bridgehead atoms. The van der Waals surface area contributed by atoms with Crippen molar-refractivity contribution in [2.24, 2.45) is 0 Å². The van der Waals surface area contributed by atoms with Crippen molar-refractivity contribution in [1.29, 1.82) is 0 Å². The average molecular weight is 264 g/mol. The molecule has 0 aliphatic rings. The molecule has 0 saturated carbocycles. The molecular formula is C14H17FN2O2. The third-order valence-corrected chi connectivity index (χ3v) is 3.02. The summed E-state index contributed by atoms with van der Waals surface area (Å²) in [4.78, 5) is 0. The Kier molecular flexibility index (Phi) is 4.16. The summed E-state index contributed by atoms with van der Waals surface area (Å²) in [6.07, 6.45) is 1.25. The highest BCUT2D eigenvalue weighted by molar-refractivity contribution is 5.29. The van der Waals surface area contributed by atoms with Crippen molar-refractivity contribution in [1.82, 2.24) is 9.78 Å². The number of nitrogens with zero attached hydrogens (tertiary/aromatic N) is 2. The van der Waals surface area contributed by atoms with Gasteiger partial charge in [-0.2, -0.15) is 5.10 Å². The zero-order chi connectivity index (χ0) is 13.8. The molecule has 1 aromatic carbocycles. The Bertz CT molecular complexity index is 515. The largest absolute Gasteiger partial charge is 0.493 e. The van der Waals surface area contributed by atoms with E-state index in [1.165, 1.54) is 12.1 Å². The Morgan fingerprint density at radius 2 is 2.05 bits per heavy atom. The number of aromatic nitrogens is 2. The molecule has 0 aliphatic heterocycles. The molecule has 2 aromatic rings. The van der Waals surface area contributed by atoms with Crippen LogP contribution in [0, 0.1) is 5.82 Å². The normalized spacial score (nSPS) is 12.4. The number of hydrogen-bond donors (Lipinski definition) is 1. The van der Waals surface area contributed by atoms with Crippen molar-refractivity contribution in [2.75, 3.05) is 7.11 Å². The van der Waals surface area contributed by atoms with Crippen molar-refractivity contribution < 1.29 is 14.2 Å². The van der Waals surface area contributed by atoms with Crippen LogP contribution in [0.4, 0.5) is 4.39 Å². The second-order valence-electron chi connectivity index (χ2n) is 4.26. The van der Waals surface area contributed by atoms with Crippen LogP contribution < -0.4 is 4.74 Å². The van der Waals surface area contributed by atoms with Crippen LogP contribution in [0.15, 0.2) is 30.5 Å². The van der Waals surface area contributed by atoms with E-state index in [1.807, 2.05) is 6.92 Å². The topological polar surface area (TPSA) is 47.3 Å². The molecule has 0 spiro atoms. The molecule has 0 saturated heterocycles. The lowest BCUT2D eigenvalue weighted by Crippen LogP contribution is -2.11. The lowest BCUT2D eigenvalue weighted by atomic mass is 10.1. The number of methoxy groups -OCH3 is 1. The molecule has 1 heterocycles. The predicted octanol–water partition coefficient (Wildman–Crippen LogP) is 2.33. The number of rotatable bonds is 5. The Morgan fingerprint density at radius 3 is 2.63 bits per heavy atom. The molecule has 1 aromatic heterocycles. The quantitative estimate of drug-likeness (QED) is 0.901. The fourth-order valence-electron chi connectivity index (χ4n) is 2.06. The number of benzene rings is 1. The van der Waals surface area contributed by atoms with Crippen LogP contribution >= 0.6 is 0 Å². The van der Waals surface area contributed by atoms with Gasteiger partial charge in [0.15, 0.2) is 5.75 Å². The van der Waals surface area contributed by atoms with Gasteiger partial charge in [-0.15, -0.1) is 0 Å². The summed E-state index contributed by atoms with van der Waals surface area (Å²) in [6.45, 7) is 2.60. The fraction of sp³-hybridized carbons (Fsp3) is 0.357. The summed E-state index contributed by atoms with van der Waals surface area (Å²) in [5.41, 5.74) is 1.51. The Hall–Kier alpha value is -1.88. The van der Waals surface area contributed by atoms with Crippen LogP contribution in [0.2, 0.25) is 0 Å². The van der Waals surface area contributed by atoms with Gasteiger partial charge in [-0.05, 0) is 24.6 Å². The number of aliphatic hydroxyl groups excluding tert-OH is 1. The molecule has 0 amide bonds. The van der Waals surface area contributed by atoms with E-state index in [1.54, 1.807) is 30.1 Å². The minimum absolute atomic E-state index is 0.283. The molecule has 0 aliphatic carbocycles. The third kappa shape index (κ3) is 2.93. The van der Waals surface area contributed by atoms with Crippen molar-refractivity contribution >= 4 is 0 Å². The van der Waals surface area contributed by atoms with E-state index in [0.29, 0.717) is 24.4 Å². The highest BCUT2D eigenvalue weighted by Gasteiger charge is 2.19. The second kappa shape index (κ2) is 5.84. The smallest absolute Gasteiger partial charge is 0.162 e. The van der Waals surface area contributed by atoms with Crippen molar-refractivity contribution in [3.05, 3.63) is 47.5 Å². The molecular weight excluding hydrogens is 247 g/mol. The maximum absolute atomic E-state index is 12.8. The van der Waals surface area contributed by atoms with Crippen LogP contribution in [-0.4, -0.2) is 22.0 Å². The number of aliphatic hydroxyl groups is 1. The first kappa shape index (κ1) is 13.5. The SMILES string of the molecule is CCn1ncc(OC)c1C(O)Cc1ccc(F)cc1. The molecule has 0 fully saturated rings. The highest BCUT2D eigenvalue weighted by atomic mass is 19.1. The molecule has 5 heteroatoms. The van der Waals surface area contributed by atoms with Gasteiger partial charge < -0.3 is 9.84 Å². The third-order valence-electron chi connectivity index (χ3n) is 3.02. The van der Waals surface area contributed by atoms with Gasteiger partial charge in [0.25, 0.3) is 0 Å². The van der Waals surface area contributed by atoms with Gasteiger partial charge in [0.05, 0.1) is 13.3 Å². The first-order valence-corrected chi connectivity index (χ1v) is 6.18.